The van der Waals surface area contributed by atoms with Crippen LogP contribution in [-0.4, -0.2) is 37.0 Å². The van der Waals surface area contributed by atoms with Gasteiger partial charge in [-0.3, -0.25) is 0 Å². The maximum atomic E-state index is 11.2. The first-order chi connectivity index (χ1) is 14.7. The molecule has 0 aromatic heterocycles. The number of carboxylic acids is 1. The molecule has 0 saturated heterocycles. The summed E-state index contributed by atoms with van der Waals surface area (Å²) in [5.41, 5.74) is 3.21. The maximum absolute atomic E-state index is 11.2. The summed E-state index contributed by atoms with van der Waals surface area (Å²) < 4.78 is 16.7. The Morgan fingerprint density at radius 1 is 0.800 bits per heavy atom. The van der Waals surface area contributed by atoms with Gasteiger partial charge in [-0.25, -0.2) is 4.79 Å². The van der Waals surface area contributed by atoms with Crippen molar-refractivity contribution in [1.29, 1.82) is 0 Å². The number of benzene rings is 3. The summed E-state index contributed by atoms with van der Waals surface area (Å²) >= 11 is 0. The lowest BCUT2D eigenvalue weighted by Gasteiger charge is -2.13. The van der Waals surface area contributed by atoms with Gasteiger partial charge in [-0.15, -0.1) is 0 Å². The van der Waals surface area contributed by atoms with Crippen molar-refractivity contribution in [3.8, 4) is 22.6 Å². The minimum absolute atomic E-state index is 0.325. The summed E-state index contributed by atoms with van der Waals surface area (Å²) in [6.07, 6.45) is -0.505. The summed E-state index contributed by atoms with van der Waals surface area (Å²) in [6.45, 7) is 2.99. The van der Waals surface area contributed by atoms with Gasteiger partial charge in [-0.2, -0.15) is 0 Å². The van der Waals surface area contributed by atoms with E-state index >= 15 is 0 Å². The molecule has 0 fully saturated rings. The highest BCUT2D eigenvalue weighted by molar-refractivity contribution is 5.72. The molecule has 0 aliphatic rings. The first-order valence-corrected chi connectivity index (χ1v) is 10.00. The van der Waals surface area contributed by atoms with Crippen LogP contribution in [0.5, 0.6) is 11.5 Å². The van der Waals surface area contributed by atoms with Crippen LogP contribution in [-0.2, 0) is 16.0 Å². The molecule has 0 aliphatic heterocycles. The van der Waals surface area contributed by atoms with Crippen molar-refractivity contribution < 1.29 is 24.1 Å². The summed E-state index contributed by atoms with van der Waals surface area (Å²) in [6, 6.07) is 25.5. The minimum Gasteiger partial charge on any atom is -0.490 e. The molecular weight excluding hydrogens is 380 g/mol. The molecule has 0 unspecified atom stereocenters. The van der Waals surface area contributed by atoms with Gasteiger partial charge >= 0.3 is 5.97 Å². The van der Waals surface area contributed by atoms with Crippen LogP contribution in [0.4, 0.5) is 0 Å². The predicted octanol–water partition coefficient (Wildman–Crippen LogP) is 4.84. The molecule has 0 heterocycles. The highest BCUT2D eigenvalue weighted by atomic mass is 16.5. The fourth-order valence-corrected chi connectivity index (χ4v) is 3.05. The van der Waals surface area contributed by atoms with Crippen LogP contribution in [0.2, 0.25) is 0 Å². The first kappa shape index (κ1) is 21.4. The molecule has 3 rings (SSSR count). The van der Waals surface area contributed by atoms with Crippen molar-refractivity contribution >= 4 is 5.97 Å². The fourth-order valence-electron chi connectivity index (χ4n) is 3.05. The summed E-state index contributed by atoms with van der Waals surface area (Å²) in [5, 5.41) is 9.17. The Labute approximate surface area is 176 Å². The van der Waals surface area contributed by atoms with Crippen LogP contribution in [0.25, 0.3) is 11.1 Å². The molecule has 30 heavy (non-hydrogen) atoms. The van der Waals surface area contributed by atoms with E-state index in [-0.39, 0.29) is 0 Å². The van der Waals surface area contributed by atoms with Gasteiger partial charge in [-0.1, -0.05) is 54.6 Å². The topological polar surface area (TPSA) is 65.0 Å². The van der Waals surface area contributed by atoms with Crippen LogP contribution in [0.15, 0.2) is 78.9 Å². The van der Waals surface area contributed by atoms with Gasteiger partial charge < -0.3 is 19.3 Å². The van der Waals surface area contributed by atoms with Gasteiger partial charge in [0.05, 0.1) is 0 Å². The second kappa shape index (κ2) is 11.0. The Morgan fingerprint density at radius 3 is 1.87 bits per heavy atom. The van der Waals surface area contributed by atoms with Gasteiger partial charge in [0.15, 0.2) is 6.10 Å². The average Bonchev–Trinajstić information content (AvgIpc) is 2.78. The molecule has 156 valence electrons. The summed E-state index contributed by atoms with van der Waals surface area (Å²) in [5.74, 6) is 0.556. The molecule has 0 saturated carbocycles. The van der Waals surface area contributed by atoms with Crippen LogP contribution in [0.3, 0.4) is 0 Å². The van der Waals surface area contributed by atoms with E-state index in [0.29, 0.717) is 32.0 Å². The van der Waals surface area contributed by atoms with Crippen molar-refractivity contribution in [3.63, 3.8) is 0 Å². The Bertz CT molecular complexity index is 905. The molecule has 0 amide bonds. The van der Waals surface area contributed by atoms with Gasteiger partial charge in [0.2, 0.25) is 0 Å². The van der Waals surface area contributed by atoms with E-state index in [2.05, 4.69) is 12.1 Å². The lowest BCUT2D eigenvalue weighted by molar-refractivity contribution is -0.149. The predicted molar refractivity (Wildman–Crippen MR) is 116 cm³/mol. The normalized spacial score (nSPS) is 11.6. The third kappa shape index (κ3) is 6.36. The highest BCUT2D eigenvalue weighted by Gasteiger charge is 2.17. The summed E-state index contributed by atoms with van der Waals surface area (Å²) in [4.78, 5) is 11.2. The van der Waals surface area contributed by atoms with Gasteiger partial charge in [-0.05, 0) is 47.9 Å². The molecule has 3 aromatic rings. The van der Waals surface area contributed by atoms with E-state index in [0.717, 1.165) is 16.9 Å². The fraction of sp³-hybridized carbons (Fsp3) is 0.240. The Hall–Kier alpha value is -3.31. The Balaban J connectivity index is 1.42. The van der Waals surface area contributed by atoms with Crippen LogP contribution >= 0.6 is 0 Å². The number of aliphatic carboxylic acids is 1. The van der Waals surface area contributed by atoms with Crippen molar-refractivity contribution in [2.45, 2.75) is 19.4 Å². The molecule has 3 aromatic carbocycles. The monoisotopic (exact) mass is 406 g/mol. The zero-order valence-electron chi connectivity index (χ0n) is 17.0. The number of carbonyl (C=O) groups is 1. The quantitative estimate of drug-likeness (QED) is 0.462. The smallest absolute Gasteiger partial charge is 0.333 e. The number of carboxylic acid groups (broad SMARTS) is 1. The van der Waals surface area contributed by atoms with E-state index in [4.69, 9.17) is 19.3 Å². The largest absolute Gasteiger partial charge is 0.490 e. The molecule has 1 atom stereocenters. The Morgan fingerprint density at radius 2 is 1.33 bits per heavy atom. The van der Waals surface area contributed by atoms with Crippen molar-refractivity contribution in [1.82, 2.24) is 0 Å². The van der Waals surface area contributed by atoms with Crippen LogP contribution in [0.1, 0.15) is 12.5 Å². The molecule has 1 N–H and O–H groups in total. The molecular formula is C25H26O5. The lowest BCUT2D eigenvalue weighted by Crippen LogP contribution is -2.26. The molecule has 0 bridgehead atoms. The highest BCUT2D eigenvalue weighted by Crippen LogP contribution is 2.22. The second-order valence-electron chi connectivity index (χ2n) is 6.72. The molecule has 0 radical (unpaired) electrons. The third-order valence-corrected chi connectivity index (χ3v) is 4.57. The first-order valence-electron chi connectivity index (χ1n) is 10.00. The minimum atomic E-state index is -0.953. The Kier molecular flexibility index (Phi) is 7.86. The number of hydrogen-bond acceptors (Lipinski definition) is 4. The van der Waals surface area contributed by atoms with Crippen molar-refractivity contribution in [3.05, 3.63) is 84.4 Å². The molecule has 5 heteroatoms. The second-order valence-corrected chi connectivity index (χ2v) is 6.72. The van der Waals surface area contributed by atoms with Crippen LogP contribution < -0.4 is 9.47 Å². The standard InChI is InChI=1S/C25H26O5/c1-2-28-24(25(26)27)18-19-8-12-22(13-9-19)29-16-17-30-23-14-10-21(11-15-23)20-6-4-3-5-7-20/h3-15,24H,2,16-18H2,1H3,(H,26,27)/t24-/m0/s1. The van der Waals surface area contributed by atoms with E-state index in [1.165, 1.54) is 5.56 Å². The van der Waals surface area contributed by atoms with Gasteiger partial charge in [0, 0.05) is 13.0 Å². The summed E-state index contributed by atoms with van der Waals surface area (Å²) in [7, 11) is 0. The molecule has 5 nitrogen and oxygen atoms in total. The van der Waals surface area contributed by atoms with Crippen molar-refractivity contribution in [2.24, 2.45) is 0 Å². The van der Waals surface area contributed by atoms with Crippen molar-refractivity contribution in [2.75, 3.05) is 19.8 Å². The zero-order valence-corrected chi connectivity index (χ0v) is 17.0. The molecule has 0 spiro atoms. The number of hydrogen-bond donors (Lipinski definition) is 1. The van der Waals surface area contributed by atoms with Gasteiger partial charge in [0.25, 0.3) is 0 Å². The number of ether oxygens (including phenoxy) is 3. The molecule has 0 aliphatic carbocycles. The van der Waals surface area contributed by atoms with Gasteiger partial charge in [0.1, 0.15) is 24.7 Å². The van der Waals surface area contributed by atoms with E-state index in [1.54, 1.807) is 6.92 Å². The number of rotatable bonds is 11. The van der Waals surface area contributed by atoms with E-state index in [1.807, 2.05) is 66.7 Å². The lowest BCUT2D eigenvalue weighted by atomic mass is 10.1. The van der Waals surface area contributed by atoms with E-state index < -0.39 is 12.1 Å². The zero-order chi connectivity index (χ0) is 21.2. The average molecular weight is 406 g/mol. The maximum Gasteiger partial charge on any atom is 0.333 e. The third-order valence-electron chi connectivity index (χ3n) is 4.57. The SMILES string of the molecule is CCO[C@@H](Cc1ccc(OCCOc2ccc(-c3ccccc3)cc2)cc1)C(=O)O. The van der Waals surface area contributed by atoms with E-state index in [9.17, 15) is 4.79 Å². The van der Waals surface area contributed by atoms with Crippen LogP contribution in [0, 0.1) is 0 Å².